The quantitative estimate of drug-likeness (QED) is 0.743. The molecule has 1 aliphatic rings. The van der Waals surface area contributed by atoms with Gasteiger partial charge in [0.05, 0.1) is 5.41 Å². The number of hydrogen-bond donors (Lipinski definition) is 0. The van der Waals surface area contributed by atoms with Crippen molar-refractivity contribution in [2.45, 2.75) is 19.3 Å². The molecule has 0 saturated heterocycles. The van der Waals surface area contributed by atoms with Gasteiger partial charge in [-0.2, -0.15) is 0 Å². The summed E-state index contributed by atoms with van der Waals surface area (Å²) >= 11 is 0. The van der Waals surface area contributed by atoms with Gasteiger partial charge < -0.3 is 0 Å². The monoisotopic (exact) mass is 262 g/mol. The summed E-state index contributed by atoms with van der Waals surface area (Å²) in [5, 5.41) is 0. The summed E-state index contributed by atoms with van der Waals surface area (Å²) in [6.07, 6.45) is 0. The molecule has 0 heterocycles. The first-order valence-corrected chi connectivity index (χ1v) is 6.88. The molecule has 0 radical (unpaired) electrons. The summed E-state index contributed by atoms with van der Waals surface area (Å²) in [6, 6.07) is 20.1. The van der Waals surface area contributed by atoms with Crippen molar-refractivity contribution >= 4 is 5.78 Å². The van der Waals surface area contributed by atoms with E-state index in [-0.39, 0.29) is 11.2 Å². The average molecular weight is 262 g/mol. The fourth-order valence-corrected chi connectivity index (χ4v) is 3.48. The molecule has 1 fully saturated rings. The summed E-state index contributed by atoms with van der Waals surface area (Å²) in [7, 11) is 0. The highest BCUT2D eigenvalue weighted by molar-refractivity contribution is 6.15. The predicted octanol–water partition coefficient (Wildman–Crippen LogP) is 4.14. The van der Waals surface area contributed by atoms with E-state index in [9.17, 15) is 4.79 Å². The highest BCUT2D eigenvalue weighted by Gasteiger charge is 2.64. The third kappa shape index (κ3) is 1.35. The maximum atomic E-state index is 12.8. The second-order valence-corrected chi connectivity index (χ2v) is 5.91. The third-order valence-electron chi connectivity index (χ3n) is 4.72. The van der Waals surface area contributed by atoms with Crippen LogP contribution in [0.25, 0.3) is 0 Å². The molecule has 0 N–H and O–H groups in total. The van der Waals surface area contributed by atoms with E-state index in [1.165, 1.54) is 0 Å². The van der Waals surface area contributed by atoms with E-state index in [0.29, 0.717) is 5.57 Å². The van der Waals surface area contributed by atoms with Gasteiger partial charge in [-0.3, -0.25) is 4.79 Å². The summed E-state index contributed by atoms with van der Waals surface area (Å²) in [4.78, 5) is 12.8. The van der Waals surface area contributed by atoms with Gasteiger partial charge in [0.25, 0.3) is 0 Å². The molecule has 3 rings (SSSR count). The van der Waals surface area contributed by atoms with Gasteiger partial charge in [-0.05, 0) is 16.7 Å². The van der Waals surface area contributed by atoms with Crippen LogP contribution in [0.3, 0.4) is 0 Å². The van der Waals surface area contributed by atoms with Crippen molar-refractivity contribution in [3.8, 4) is 0 Å². The Hall–Kier alpha value is -2.15. The molecule has 1 saturated carbocycles. The molecule has 1 heteroatoms. The summed E-state index contributed by atoms with van der Waals surface area (Å²) < 4.78 is 0. The Morgan fingerprint density at radius 2 is 1.20 bits per heavy atom. The van der Waals surface area contributed by atoms with Crippen LogP contribution in [0.1, 0.15) is 25.0 Å². The smallest absolute Gasteiger partial charge is 0.174 e. The molecule has 1 nitrogen and oxygen atoms in total. The van der Waals surface area contributed by atoms with Crippen molar-refractivity contribution in [3.05, 3.63) is 83.9 Å². The first-order valence-electron chi connectivity index (χ1n) is 6.88. The van der Waals surface area contributed by atoms with Crippen molar-refractivity contribution in [3.63, 3.8) is 0 Å². The molecule has 0 amide bonds. The average Bonchev–Trinajstić information content (AvgIpc) is 2.49. The Morgan fingerprint density at radius 1 is 0.800 bits per heavy atom. The van der Waals surface area contributed by atoms with Crippen LogP contribution in [0.5, 0.6) is 0 Å². The fourth-order valence-electron chi connectivity index (χ4n) is 3.48. The lowest BCUT2D eigenvalue weighted by Gasteiger charge is -2.56. The van der Waals surface area contributed by atoms with Gasteiger partial charge >= 0.3 is 0 Å². The van der Waals surface area contributed by atoms with Gasteiger partial charge in [0.15, 0.2) is 5.78 Å². The van der Waals surface area contributed by atoms with Crippen LogP contribution in [0.15, 0.2) is 72.8 Å². The Bertz CT molecular complexity index is 626. The lowest BCUT2D eigenvalue weighted by atomic mass is 9.43. The number of hydrogen-bond acceptors (Lipinski definition) is 1. The molecule has 1 aliphatic carbocycles. The van der Waals surface area contributed by atoms with Gasteiger partial charge in [0.2, 0.25) is 0 Å². The molecule has 0 unspecified atom stereocenters. The first kappa shape index (κ1) is 12.9. The number of benzene rings is 2. The van der Waals surface area contributed by atoms with Gasteiger partial charge in [0.1, 0.15) is 0 Å². The minimum Gasteiger partial charge on any atom is -0.293 e. The van der Waals surface area contributed by atoms with Crippen LogP contribution in [-0.2, 0) is 10.2 Å². The largest absolute Gasteiger partial charge is 0.293 e. The lowest BCUT2D eigenvalue weighted by Crippen LogP contribution is -2.62. The van der Waals surface area contributed by atoms with E-state index >= 15 is 0 Å². The maximum Gasteiger partial charge on any atom is 0.174 e. The van der Waals surface area contributed by atoms with E-state index in [0.717, 1.165) is 11.1 Å². The van der Waals surface area contributed by atoms with Crippen LogP contribution < -0.4 is 0 Å². The van der Waals surface area contributed by atoms with E-state index in [1.807, 2.05) is 60.7 Å². The topological polar surface area (TPSA) is 17.1 Å². The van der Waals surface area contributed by atoms with Crippen LogP contribution in [0.4, 0.5) is 0 Å². The Balaban J connectivity index is 2.31. The maximum absolute atomic E-state index is 12.8. The molecule has 0 aliphatic heterocycles. The van der Waals surface area contributed by atoms with Crippen molar-refractivity contribution in [2.24, 2.45) is 5.41 Å². The Morgan fingerprint density at radius 3 is 1.55 bits per heavy atom. The normalized spacial score (nSPS) is 19.5. The van der Waals surface area contributed by atoms with Crippen LogP contribution in [-0.4, -0.2) is 5.78 Å². The predicted molar refractivity (Wildman–Crippen MR) is 81.6 cm³/mol. The molecule has 0 spiro atoms. The highest BCUT2D eigenvalue weighted by atomic mass is 16.1. The van der Waals surface area contributed by atoms with Crippen LogP contribution in [0.2, 0.25) is 0 Å². The zero-order valence-electron chi connectivity index (χ0n) is 11.9. The number of allylic oxidation sites excluding steroid dienone is 1. The summed E-state index contributed by atoms with van der Waals surface area (Å²) in [5.41, 5.74) is 1.94. The molecular formula is C19H18O. The van der Waals surface area contributed by atoms with Crippen molar-refractivity contribution < 1.29 is 4.79 Å². The van der Waals surface area contributed by atoms with E-state index < -0.39 is 5.41 Å². The molecule has 0 aromatic heterocycles. The number of ketones is 1. The summed E-state index contributed by atoms with van der Waals surface area (Å²) in [6.45, 7) is 8.21. The Labute approximate surface area is 120 Å². The van der Waals surface area contributed by atoms with Gasteiger partial charge in [0, 0.05) is 5.41 Å². The van der Waals surface area contributed by atoms with Crippen molar-refractivity contribution in [1.82, 2.24) is 0 Å². The molecule has 0 bridgehead atoms. The van der Waals surface area contributed by atoms with Crippen LogP contribution in [0, 0.1) is 5.41 Å². The molecule has 2 aromatic carbocycles. The number of rotatable bonds is 2. The molecule has 0 atom stereocenters. The standard InChI is InChI=1S/C19H18O/c1-14-17(20)19(18(14,2)3,15-10-6-4-7-11-15)16-12-8-5-9-13-16/h4-13H,1H2,2-3H3. The Kier molecular flexibility index (Phi) is 2.68. The molecule has 100 valence electrons. The van der Waals surface area contributed by atoms with Crippen LogP contribution >= 0.6 is 0 Å². The summed E-state index contributed by atoms with van der Waals surface area (Å²) in [5.74, 6) is 0.139. The SMILES string of the molecule is C=C1C(=O)C(c2ccccc2)(c2ccccc2)C1(C)C. The number of Topliss-reactive ketones (excluding diaryl/α,β-unsaturated/α-hetero) is 1. The zero-order chi connectivity index (χ0) is 14.4. The van der Waals surface area contributed by atoms with Gasteiger partial charge in [-0.25, -0.2) is 0 Å². The number of carbonyl (C=O) groups excluding carboxylic acids is 1. The zero-order valence-corrected chi connectivity index (χ0v) is 11.9. The highest BCUT2D eigenvalue weighted by Crippen LogP contribution is 2.61. The molecule has 20 heavy (non-hydrogen) atoms. The second kappa shape index (κ2) is 4.17. The molecular weight excluding hydrogens is 244 g/mol. The van der Waals surface area contributed by atoms with Gasteiger partial charge in [-0.15, -0.1) is 0 Å². The minimum atomic E-state index is -0.605. The van der Waals surface area contributed by atoms with Gasteiger partial charge in [-0.1, -0.05) is 81.1 Å². The third-order valence-corrected chi connectivity index (χ3v) is 4.72. The number of carbonyl (C=O) groups is 1. The molecule has 2 aromatic rings. The van der Waals surface area contributed by atoms with E-state index in [4.69, 9.17) is 0 Å². The van der Waals surface area contributed by atoms with E-state index in [1.54, 1.807) is 0 Å². The lowest BCUT2D eigenvalue weighted by molar-refractivity contribution is -0.131. The van der Waals surface area contributed by atoms with Crippen molar-refractivity contribution in [2.75, 3.05) is 0 Å². The van der Waals surface area contributed by atoms with E-state index in [2.05, 4.69) is 20.4 Å². The minimum absolute atomic E-state index is 0.139. The van der Waals surface area contributed by atoms with Crippen molar-refractivity contribution in [1.29, 1.82) is 0 Å². The first-order chi connectivity index (χ1) is 9.53. The second-order valence-electron chi connectivity index (χ2n) is 5.91. The fraction of sp³-hybridized carbons (Fsp3) is 0.211.